The number of nitrogens with one attached hydrogen (secondary N) is 1. The molecule has 2 aliphatic rings. The second-order valence-corrected chi connectivity index (χ2v) is 7.46. The zero-order valence-corrected chi connectivity index (χ0v) is 12.7. The highest BCUT2D eigenvalue weighted by molar-refractivity contribution is 7.18. The number of hydrogen-bond donors (Lipinski definition) is 1. The number of piperidine rings is 1. The van der Waals surface area contributed by atoms with Crippen LogP contribution in [0.15, 0.2) is 18.2 Å². The van der Waals surface area contributed by atoms with Crippen LogP contribution in [0.2, 0.25) is 0 Å². The molecule has 2 fully saturated rings. The van der Waals surface area contributed by atoms with E-state index in [1.807, 2.05) is 0 Å². The van der Waals surface area contributed by atoms with E-state index in [1.165, 1.54) is 42.6 Å². The summed E-state index contributed by atoms with van der Waals surface area (Å²) in [6.45, 7) is 5.58. The summed E-state index contributed by atoms with van der Waals surface area (Å²) in [6.07, 6.45) is 4.10. The molecule has 20 heavy (non-hydrogen) atoms. The van der Waals surface area contributed by atoms with Gasteiger partial charge in [-0.3, -0.25) is 4.90 Å². The van der Waals surface area contributed by atoms with Crippen LogP contribution in [0.1, 0.15) is 29.8 Å². The number of hydrogen-bond acceptors (Lipinski definition) is 4. The molecule has 3 nitrogen and oxygen atoms in total. The second kappa shape index (κ2) is 5.10. The number of nitrogens with zero attached hydrogens (tertiary/aromatic N) is 2. The Balaban J connectivity index is 1.52. The third-order valence-corrected chi connectivity index (χ3v) is 5.43. The molecule has 1 N–H and O–H groups in total. The molecule has 106 valence electrons. The van der Waals surface area contributed by atoms with Gasteiger partial charge in [0.25, 0.3) is 0 Å². The van der Waals surface area contributed by atoms with E-state index >= 15 is 0 Å². The van der Waals surface area contributed by atoms with E-state index in [2.05, 4.69) is 40.3 Å². The van der Waals surface area contributed by atoms with Gasteiger partial charge in [0.2, 0.25) is 0 Å². The summed E-state index contributed by atoms with van der Waals surface area (Å²) in [5, 5.41) is 4.91. The maximum Gasteiger partial charge on any atom is 0.0907 e. The summed E-state index contributed by atoms with van der Waals surface area (Å²) in [7, 11) is 0. The molecule has 2 aliphatic heterocycles. The van der Waals surface area contributed by atoms with Crippen molar-refractivity contribution in [3.05, 3.63) is 28.8 Å². The Morgan fingerprint density at radius 3 is 2.90 bits per heavy atom. The molecule has 2 aromatic rings. The van der Waals surface area contributed by atoms with Crippen molar-refractivity contribution in [2.24, 2.45) is 0 Å². The summed E-state index contributed by atoms with van der Waals surface area (Å²) < 4.78 is 1.33. The van der Waals surface area contributed by atoms with Crippen molar-refractivity contribution >= 4 is 21.6 Å². The van der Waals surface area contributed by atoms with Gasteiger partial charge >= 0.3 is 0 Å². The Morgan fingerprint density at radius 1 is 1.30 bits per heavy atom. The van der Waals surface area contributed by atoms with E-state index in [0.717, 1.165) is 29.2 Å². The summed E-state index contributed by atoms with van der Waals surface area (Å²) in [5.41, 5.74) is 2.58. The van der Waals surface area contributed by atoms with Crippen LogP contribution < -0.4 is 5.32 Å². The Labute approximate surface area is 124 Å². The second-order valence-electron chi connectivity index (χ2n) is 6.22. The molecule has 1 aromatic carbocycles. The molecule has 0 amide bonds. The van der Waals surface area contributed by atoms with Crippen molar-refractivity contribution in [1.82, 2.24) is 15.2 Å². The lowest BCUT2D eigenvalue weighted by molar-refractivity contribution is 0.119. The van der Waals surface area contributed by atoms with Gasteiger partial charge in [0.05, 0.1) is 15.2 Å². The minimum absolute atomic E-state index is 0.719. The molecular formula is C16H21N3S. The molecule has 0 radical (unpaired) electrons. The topological polar surface area (TPSA) is 28.2 Å². The zero-order valence-electron chi connectivity index (χ0n) is 11.9. The fraction of sp³-hybridized carbons (Fsp3) is 0.562. The van der Waals surface area contributed by atoms with Gasteiger partial charge in [-0.2, -0.15) is 0 Å². The monoisotopic (exact) mass is 287 g/mol. The van der Waals surface area contributed by atoms with Crippen LogP contribution in [0.3, 0.4) is 0 Å². The van der Waals surface area contributed by atoms with Crippen molar-refractivity contribution in [2.45, 2.75) is 44.8 Å². The smallest absolute Gasteiger partial charge is 0.0907 e. The molecule has 1 aromatic heterocycles. The van der Waals surface area contributed by atoms with Crippen molar-refractivity contribution in [2.75, 3.05) is 13.1 Å². The predicted molar refractivity (Wildman–Crippen MR) is 84.2 cm³/mol. The van der Waals surface area contributed by atoms with Gasteiger partial charge in [-0.15, -0.1) is 11.3 Å². The van der Waals surface area contributed by atoms with Crippen LogP contribution in [-0.4, -0.2) is 35.1 Å². The van der Waals surface area contributed by atoms with Gasteiger partial charge in [0.1, 0.15) is 0 Å². The van der Waals surface area contributed by atoms with Crippen LogP contribution >= 0.6 is 11.3 Å². The lowest BCUT2D eigenvalue weighted by atomic mass is 9.94. The standard InChI is InChI=1S/C16H21N3S/c1-11-17-15-6-5-12(7-16(15)20-11)8-19-9-13-3-2-4-14(10-19)18-13/h5-7,13-14,18H,2-4,8-10H2,1H3. The molecule has 4 heteroatoms. The zero-order chi connectivity index (χ0) is 13.5. The fourth-order valence-electron chi connectivity index (χ4n) is 3.67. The molecule has 2 unspecified atom stereocenters. The summed E-state index contributed by atoms with van der Waals surface area (Å²) in [5.74, 6) is 0. The number of likely N-dealkylation sites (tertiary alicyclic amines) is 1. The van der Waals surface area contributed by atoms with Gasteiger partial charge in [-0.1, -0.05) is 12.5 Å². The van der Waals surface area contributed by atoms with E-state index in [4.69, 9.17) is 0 Å². The molecule has 0 spiro atoms. The fourth-order valence-corrected chi connectivity index (χ4v) is 4.56. The number of benzene rings is 1. The van der Waals surface area contributed by atoms with E-state index in [1.54, 1.807) is 11.3 Å². The molecule has 4 rings (SSSR count). The minimum atomic E-state index is 0.719. The van der Waals surface area contributed by atoms with Crippen LogP contribution in [0, 0.1) is 6.92 Å². The lowest BCUT2D eigenvalue weighted by Crippen LogP contribution is -2.58. The normalized spacial score (nSPS) is 27.1. The lowest BCUT2D eigenvalue weighted by Gasteiger charge is -2.42. The first kappa shape index (κ1) is 12.7. The molecule has 2 atom stereocenters. The summed E-state index contributed by atoms with van der Waals surface area (Å²) in [4.78, 5) is 7.17. The Morgan fingerprint density at radius 2 is 2.10 bits per heavy atom. The number of aryl methyl sites for hydroxylation is 1. The first-order chi connectivity index (χ1) is 9.76. The van der Waals surface area contributed by atoms with Crippen LogP contribution in [0.4, 0.5) is 0 Å². The van der Waals surface area contributed by atoms with Gasteiger partial charge in [0, 0.05) is 31.7 Å². The van der Waals surface area contributed by atoms with E-state index in [-0.39, 0.29) is 0 Å². The van der Waals surface area contributed by atoms with Crippen LogP contribution in [-0.2, 0) is 6.54 Å². The predicted octanol–water partition coefficient (Wildman–Crippen LogP) is 2.93. The minimum Gasteiger partial charge on any atom is -0.309 e. The first-order valence-corrected chi connectivity index (χ1v) is 8.42. The molecule has 2 bridgehead atoms. The number of rotatable bonds is 2. The SMILES string of the molecule is Cc1nc2ccc(CN3CC4CCCC(C3)N4)cc2s1. The highest BCUT2D eigenvalue weighted by Gasteiger charge is 2.29. The average Bonchev–Trinajstić information content (AvgIpc) is 2.77. The maximum absolute atomic E-state index is 4.54. The van der Waals surface area contributed by atoms with Gasteiger partial charge in [-0.05, 0) is 37.5 Å². The number of thiazole rings is 1. The van der Waals surface area contributed by atoms with Crippen molar-refractivity contribution in [3.8, 4) is 0 Å². The van der Waals surface area contributed by atoms with E-state index in [0.29, 0.717) is 0 Å². The van der Waals surface area contributed by atoms with Crippen LogP contribution in [0.25, 0.3) is 10.2 Å². The summed E-state index contributed by atoms with van der Waals surface area (Å²) in [6, 6.07) is 8.20. The first-order valence-electron chi connectivity index (χ1n) is 7.61. The molecular weight excluding hydrogens is 266 g/mol. The average molecular weight is 287 g/mol. The highest BCUT2D eigenvalue weighted by atomic mass is 32.1. The largest absolute Gasteiger partial charge is 0.309 e. The van der Waals surface area contributed by atoms with Crippen molar-refractivity contribution in [3.63, 3.8) is 0 Å². The maximum atomic E-state index is 4.54. The number of aromatic nitrogens is 1. The van der Waals surface area contributed by atoms with Crippen molar-refractivity contribution < 1.29 is 0 Å². The van der Waals surface area contributed by atoms with E-state index < -0.39 is 0 Å². The van der Waals surface area contributed by atoms with Gasteiger partial charge < -0.3 is 5.32 Å². The van der Waals surface area contributed by atoms with Gasteiger partial charge in [0.15, 0.2) is 0 Å². The Hall–Kier alpha value is -0.970. The number of piperazine rings is 1. The highest BCUT2D eigenvalue weighted by Crippen LogP contribution is 2.25. The third kappa shape index (κ3) is 2.48. The molecule has 3 heterocycles. The van der Waals surface area contributed by atoms with Crippen LogP contribution in [0.5, 0.6) is 0 Å². The van der Waals surface area contributed by atoms with Gasteiger partial charge in [-0.25, -0.2) is 4.98 Å². The number of fused-ring (bicyclic) bond motifs is 3. The van der Waals surface area contributed by atoms with E-state index in [9.17, 15) is 0 Å². The Kier molecular flexibility index (Phi) is 3.25. The summed E-state index contributed by atoms with van der Waals surface area (Å²) >= 11 is 1.80. The quantitative estimate of drug-likeness (QED) is 0.920. The Bertz CT molecular complexity index is 609. The van der Waals surface area contributed by atoms with Crippen molar-refractivity contribution in [1.29, 1.82) is 0 Å². The molecule has 0 saturated carbocycles. The molecule has 2 saturated heterocycles. The molecule has 0 aliphatic carbocycles. The third-order valence-electron chi connectivity index (χ3n) is 4.50.